The predicted molar refractivity (Wildman–Crippen MR) is 65.8 cm³/mol. The first-order valence-corrected chi connectivity index (χ1v) is 5.37. The molecule has 0 bridgehead atoms. The van der Waals surface area contributed by atoms with Gasteiger partial charge in [0.1, 0.15) is 12.1 Å². The van der Waals surface area contributed by atoms with Gasteiger partial charge < -0.3 is 5.32 Å². The summed E-state index contributed by atoms with van der Waals surface area (Å²) in [6, 6.07) is 3.74. The lowest BCUT2D eigenvalue weighted by Gasteiger charge is -2.06. The molecule has 0 fully saturated rings. The first-order chi connectivity index (χ1) is 7.25. The number of hydrogen-bond donors (Lipinski definition) is 1. The highest BCUT2D eigenvalue weighted by Gasteiger charge is 2.00. The van der Waals surface area contributed by atoms with Crippen molar-refractivity contribution in [2.24, 2.45) is 0 Å². The van der Waals surface area contributed by atoms with E-state index in [1.807, 2.05) is 12.1 Å². The SMILES string of the molecule is S=C(Nc1ccc(Br)cn1)n1ccnc1. The Kier molecular flexibility index (Phi) is 3.08. The van der Waals surface area contributed by atoms with Crippen molar-refractivity contribution in [3.63, 3.8) is 0 Å². The third-order valence-electron chi connectivity index (χ3n) is 1.70. The molecule has 0 aromatic carbocycles. The lowest BCUT2D eigenvalue weighted by molar-refractivity contribution is 1.14. The number of anilines is 1. The van der Waals surface area contributed by atoms with Crippen LogP contribution in [0.4, 0.5) is 5.82 Å². The molecule has 15 heavy (non-hydrogen) atoms. The summed E-state index contributed by atoms with van der Waals surface area (Å²) in [5.74, 6) is 0.705. The fraction of sp³-hybridized carbons (Fsp3) is 0. The van der Waals surface area contributed by atoms with Crippen LogP contribution in [0, 0.1) is 0 Å². The second-order valence-electron chi connectivity index (χ2n) is 2.76. The Morgan fingerprint density at radius 1 is 1.47 bits per heavy atom. The summed E-state index contributed by atoms with van der Waals surface area (Å²) in [5, 5.41) is 3.54. The largest absolute Gasteiger partial charge is 0.317 e. The molecular formula is C9H7BrN4S. The Labute approximate surface area is 100 Å². The van der Waals surface area contributed by atoms with Crippen LogP contribution in [0.15, 0.2) is 41.5 Å². The monoisotopic (exact) mass is 282 g/mol. The highest BCUT2D eigenvalue weighted by Crippen LogP contribution is 2.10. The van der Waals surface area contributed by atoms with Crippen molar-refractivity contribution in [2.45, 2.75) is 0 Å². The number of imidazole rings is 1. The third kappa shape index (κ3) is 2.60. The number of hydrogen-bond acceptors (Lipinski definition) is 3. The molecule has 0 unspecified atom stereocenters. The topological polar surface area (TPSA) is 42.7 Å². The zero-order chi connectivity index (χ0) is 10.7. The van der Waals surface area contributed by atoms with Gasteiger partial charge in [-0.25, -0.2) is 9.97 Å². The Hall–Kier alpha value is -1.27. The molecule has 4 nitrogen and oxygen atoms in total. The second kappa shape index (κ2) is 4.50. The van der Waals surface area contributed by atoms with E-state index < -0.39 is 0 Å². The van der Waals surface area contributed by atoms with Crippen molar-refractivity contribution in [1.82, 2.24) is 14.5 Å². The molecule has 76 valence electrons. The number of rotatable bonds is 1. The molecule has 0 radical (unpaired) electrons. The summed E-state index contributed by atoms with van der Waals surface area (Å²) in [6.07, 6.45) is 6.78. The van der Waals surface area contributed by atoms with Crippen molar-refractivity contribution in [3.05, 3.63) is 41.5 Å². The van der Waals surface area contributed by atoms with E-state index in [9.17, 15) is 0 Å². The molecule has 2 heterocycles. The van der Waals surface area contributed by atoms with Gasteiger partial charge in [0.05, 0.1) is 0 Å². The first kappa shape index (κ1) is 10.3. The third-order valence-corrected chi connectivity index (χ3v) is 2.48. The van der Waals surface area contributed by atoms with Crippen LogP contribution in [0.1, 0.15) is 0 Å². The number of aromatic nitrogens is 3. The molecule has 0 aliphatic heterocycles. The van der Waals surface area contributed by atoms with Crippen LogP contribution >= 0.6 is 28.1 Å². The zero-order valence-corrected chi connectivity index (χ0v) is 9.99. The van der Waals surface area contributed by atoms with Crippen molar-refractivity contribution >= 4 is 39.1 Å². The van der Waals surface area contributed by atoms with Gasteiger partial charge in [0.2, 0.25) is 0 Å². The summed E-state index contributed by atoms with van der Waals surface area (Å²) in [5.41, 5.74) is 0. The molecule has 0 aliphatic rings. The van der Waals surface area contributed by atoms with Crippen LogP contribution < -0.4 is 5.32 Å². The van der Waals surface area contributed by atoms with Crippen LogP contribution in [-0.4, -0.2) is 19.6 Å². The Morgan fingerprint density at radius 3 is 2.93 bits per heavy atom. The highest BCUT2D eigenvalue weighted by atomic mass is 79.9. The van der Waals surface area contributed by atoms with Gasteiger partial charge in [0, 0.05) is 23.1 Å². The molecule has 2 aromatic heterocycles. The normalized spacial score (nSPS) is 9.93. The summed E-state index contributed by atoms with van der Waals surface area (Å²) in [6.45, 7) is 0. The molecular weight excluding hydrogens is 276 g/mol. The molecule has 0 spiro atoms. The van der Waals surface area contributed by atoms with E-state index in [2.05, 4.69) is 31.2 Å². The zero-order valence-electron chi connectivity index (χ0n) is 7.59. The van der Waals surface area contributed by atoms with Gasteiger partial charge in [0.15, 0.2) is 5.11 Å². The first-order valence-electron chi connectivity index (χ1n) is 4.16. The van der Waals surface area contributed by atoms with Gasteiger partial charge in [-0.15, -0.1) is 0 Å². The van der Waals surface area contributed by atoms with Crippen molar-refractivity contribution in [1.29, 1.82) is 0 Å². The lowest BCUT2D eigenvalue weighted by Crippen LogP contribution is -2.17. The molecule has 0 saturated heterocycles. The fourth-order valence-corrected chi connectivity index (χ4v) is 1.45. The molecule has 0 amide bonds. The summed E-state index contributed by atoms with van der Waals surface area (Å²) in [4.78, 5) is 8.06. The van der Waals surface area contributed by atoms with Crippen LogP contribution in [0.5, 0.6) is 0 Å². The van der Waals surface area contributed by atoms with Crippen molar-refractivity contribution < 1.29 is 0 Å². The van der Waals surface area contributed by atoms with Crippen LogP contribution in [-0.2, 0) is 0 Å². The maximum absolute atomic E-state index is 5.15. The van der Waals surface area contributed by atoms with Gasteiger partial charge in [-0.1, -0.05) is 0 Å². The predicted octanol–water partition coefficient (Wildman–Crippen LogP) is 2.29. The summed E-state index contributed by atoms with van der Waals surface area (Å²) in [7, 11) is 0. The molecule has 0 atom stereocenters. The minimum atomic E-state index is 0.544. The Morgan fingerprint density at radius 2 is 2.33 bits per heavy atom. The van der Waals surface area contributed by atoms with E-state index in [1.54, 1.807) is 29.5 Å². The average Bonchev–Trinajstić information content (AvgIpc) is 2.74. The molecule has 2 rings (SSSR count). The Balaban J connectivity index is 2.09. The van der Waals surface area contributed by atoms with Gasteiger partial charge >= 0.3 is 0 Å². The Bertz CT molecular complexity index is 451. The number of nitrogens with one attached hydrogen (secondary N) is 1. The molecule has 0 aliphatic carbocycles. The van der Waals surface area contributed by atoms with Crippen molar-refractivity contribution in [3.8, 4) is 0 Å². The number of halogens is 1. The quantitative estimate of drug-likeness (QED) is 0.815. The fourth-order valence-electron chi connectivity index (χ4n) is 1.00. The van der Waals surface area contributed by atoms with E-state index in [1.165, 1.54) is 0 Å². The minimum Gasteiger partial charge on any atom is -0.317 e. The van der Waals surface area contributed by atoms with E-state index in [0.717, 1.165) is 4.47 Å². The van der Waals surface area contributed by atoms with E-state index >= 15 is 0 Å². The van der Waals surface area contributed by atoms with Crippen LogP contribution in [0.3, 0.4) is 0 Å². The van der Waals surface area contributed by atoms with Crippen LogP contribution in [0.2, 0.25) is 0 Å². The molecule has 1 N–H and O–H groups in total. The molecule has 6 heteroatoms. The van der Waals surface area contributed by atoms with Crippen LogP contribution in [0.25, 0.3) is 0 Å². The maximum atomic E-state index is 5.15. The number of thiocarbonyl (C=S) groups is 1. The summed E-state index contributed by atoms with van der Waals surface area (Å²) < 4.78 is 2.64. The van der Waals surface area contributed by atoms with E-state index in [4.69, 9.17) is 12.2 Å². The standard InChI is InChI=1S/C9H7BrN4S/c10-7-1-2-8(12-5-7)13-9(15)14-4-3-11-6-14/h1-6H,(H,12,13,15). The van der Waals surface area contributed by atoms with E-state index in [0.29, 0.717) is 10.9 Å². The average molecular weight is 283 g/mol. The van der Waals surface area contributed by atoms with Gasteiger partial charge in [0.25, 0.3) is 0 Å². The smallest absolute Gasteiger partial charge is 0.184 e. The minimum absolute atomic E-state index is 0.544. The number of pyridine rings is 1. The van der Waals surface area contributed by atoms with Gasteiger partial charge in [-0.2, -0.15) is 0 Å². The molecule has 2 aromatic rings. The van der Waals surface area contributed by atoms with Crippen molar-refractivity contribution in [2.75, 3.05) is 5.32 Å². The highest BCUT2D eigenvalue weighted by molar-refractivity contribution is 9.10. The lowest BCUT2D eigenvalue weighted by atomic mass is 10.5. The van der Waals surface area contributed by atoms with E-state index in [-0.39, 0.29) is 0 Å². The molecule has 0 saturated carbocycles. The van der Waals surface area contributed by atoms with Gasteiger partial charge in [-0.3, -0.25) is 4.57 Å². The summed E-state index contributed by atoms with van der Waals surface area (Å²) >= 11 is 8.46. The number of nitrogens with zero attached hydrogens (tertiary/aromatic N) is 3. The maximum Gasteiger partial charge on any atom is 0.184 e. The second-order valence-corrected chi connectivity index (χ2v) is 4.06. The van der Waals surface area contributed by atoms with Gasteiger partial charge in [-0.05, 0) is 40.3 Å².